The minimum absolute atomic E-state index is 0.289. The number of rotatable bonds is 3. The average Bonchev–Trinajstić information content (AvgIpc) is 3.40. The van der Waals surface area contributed by atoms with Crippen molar-refractivity contribution in [2.45, 2.75) is 13.8 Å². The predicted octanol–water partition coefficient (Wildman–Crippen LogP) is 2.33. The van der Waals surface area contributed by atoms with E-state index >= 15 is 0 Å². The van der Waals surface area contributed by atoms with Crippen LogP contribution in [0.4, 0.5) is 17.3 Å². The molecule has 0 unspecified atom stereocenters. The van der Waals surface area contributed by atoms with Gasteiger partial charge in [-0.3, -0.25) is 0 Å². The van der Waals surface area contributed by atoms with Crippen molar-refractivity contribution in [2.24, 2.45) is 15.2 Å². The number of nitrogen functional groups attached to an aromatic ring is 1. The lowest BCUT2D eigenvalue weighted by atomic mass is 10.3. The third kappa shape index (κ3) is 2.93. The Labute approximate surface area is 163 Å². The fraction of sp³-hybridized carbons (Fsp3) is 0.188. The third-order valence-corrected chi connectivity index (χ3v) is 4.68. The summed E-state index contributed by atoms with van der Waals surface area (Å²) in [6.07, 6.45) is 5.30. The van der Waals surface area contributed by atoms with Crippen LogP contribution in [-0.4, -0.2) is 37.0 Å². The topological polar surface area (TPSA) is 147 Å². The van der Waals surface area contributed by atoms with Crippen LogP contribution in [0.15, 0.2) is 39.1 Å². The number of thiazole rings is 1. The summed E-state index contributed by atoms with van der Waals surface area (Å²) in [5, 5.41) is 32.2. The Balaban J connectivity index is 1.76. The second-order valence-corrected chi connectivity index (χ2v) is 6.64. The predicted molar refractivity (Wildman–Crippen MR) is 104 cm³/mol. The molecule has 0 bridgehead atoms. The highest BCUT2D eigenvalue weighted by atomic mass is 32.1. The summed E-state index contributed by atoms with van der Waals surface area (Å²) in [6.45, 7) is 4.05. The van der Waals surface area contributed by atoms with Gasteiger partial charge in [0.1, 0.15) is 11.6 Å². The lowest BCUT2D eigenvalue weighted by Gasteiger charge is -2.10. The van der Waals surface area contributed by atoms with E-state index in [9.17, 15) is 5.26 Å². The van der Waals surface area contributed by atoms with Gasteiger partial charge in [-0.25, -0.2) is 9.98 Å². The van der Waals surface area contributed by atoms with Gasteiger partial charge >= 0.3 is 0 Å². The van der Waals surface area contributed by atoms with Crippen LogP contribution in [0.25, 0.3) is 5.13 Å². The number of nitrogens with two attached hydrogens (primary N) is 1. The van der Waals surface area contributed by atoms with Crippen molar-refractivity contribution in [3.63, 3.8) is 0 Å². The first kappa shape index (κ1) is 17.6. The van der Waals surface area contributed by atoms with Gasteiger partial charge in [0.15, 0.2) is 17.3 Å². The second kappa shape index (κ2) is 7.05. The maximum Gasteiger partial charge on any atom is 0.225 e. The first-order valence-electron chi connectivity index (χ1n) is 8.23. The molecule has 0 fully saturated rings. The van der Waals surface area contributed by atoms with Crippen LogP contribution in [-0.2, 0) is 0 Å². The molecule has 3 aromatic heterocycles. The molecule has 0 saturated heterocycles. The van der Waals surface area contributed by atoms with E-state index < -0.39 is 0 Å². The molecule has 0 spiro atoms. The molecule has 4 rings (SSSR count). The molecule has 0 aliphatic carbocycles. The van der Waals surface area contributed by atoms with Gasteiger partial charge in [-0.1, -0.05) is 0 Å². The summed E-state index contributed by atoms with van der Waals surface area (Å²) in [6, 6.07) is 2.12. The van der Waals surface area contributed by atoms with E-state index in [1.165, 1.54) is 20.7 Å². The van der Waals surface area contributed by atoms with Crippen LogP contribution in [0.5, 0.6) is 0 Å². The highest BCUT2D eigenvalue weighted by Gasteiger charge is 2.20. The first-order chi connectivity index (χ1) is 13.6. The molecule has 0 atom stereocenters. The molecular formula is C16H15N11S. The van der Waals surface area contributed by atoms with E-state index in [1.807, 2.05) is 11.5 Å². The lowest BCUT2D eigenvalue weighted by Crippen LogP contribution is -2.30. The number of anilines is 1. The number of nitriles is 1. The molecule has 0 aromatic carbocycles. The van der Waals surface area contributed by atoms with Crippen molar-refractivity contribution >= 4 is 34.6 Å². The number of hydrogen-bond acceptors (Lipinski definition) is 10. The summed E-state index contributed by atoms with van der Waals surface area (Å²) < 4.78 is 2.97. The summed E-state index contributed by atoms with van der Waals surface area (Å²) >= 11 is 1.38. The zero-order valence-electron chi connectivity index (χ0n) is 15.0. The number of nitrogens with one attached hydrogen (secondary N) is 1. The molecule has 3 aromatic rings. The molecule has 3 N–H and O–H groups in total. The van der Waals surface area contributed by atoms with Crippen LogP contribution in [0.1, 0.15) is 17.0 Å². The fourth-order valence-corrected chi connectivity index (χ4v) is 3.20. The maximum absolute atomic E-state index is 9.50. The molecule has 0 radical (unpaired) electrons. The van der Waals surface area contributed by atoms with Gasteiger partial charge in [0, 0.05) is 17.8 Å². The van der Waals surface area contributed by atoms with Crippen LogP contribution in [0, 0.1) is 25.2 Å². The van der Waals surface area contributed by atoms with Gasteiger partial charge in [0.2, 0.25) is 11.1 Å². The molecule has 0 saturated carbocycles. The van der Waals surface area contributed by atoms with Crippen molar-refractivity contribution in [3.05, 3.63) is 40.8 Å². The van der Waals surface area contributed by atoms with Crippen molar-refractivity contribution in [2.75, 3.05) is 12.3 Å². The van der Waals surface area contributed by atoms with Crippen molar-refractivity contribution in [3.8, 4) is 11.2 Å². The van der Waals surface area contributed by atoms with Gasteiger partial charge < -0.3 is 11.1 Å². The van der Waals surface area contributed by atoms with E-state index in [2.05, 4.69) is 41.8 Å². The largest absolute Gasteiger partial charge is 0.382 e. The number of hydrogen-bond donors (Lipinski definition) is 2. The van der Waals surface area contributed by atoms with Gasteiger partial charge in [-0.15, -0.1) is 21.6 Å². The number of aromatic nitrogens is 5. The quantitative estimate of drug-likeness (QED) is 0.653. The molecule has 12 heteroatoms. The van der Waals surface area contributed by atoms with Gasteiger partial charge in [-0.2, -0.15) is 24.8 Å². The SMILES string of the molecule is Cc1nn(-c2nccs2)c(N=Nc2c(C)nn(C3=NCC=CN3)c2N)c1C#N. The molecular weight excluding hydrogens is 378 g/mol. The number of azo groups is 1. The van der Waals surface area contributed by atoms with Gasteiger partial charge in [-0.05, 0) is 19.9 Å². The Morgan fingerprint density at radius 1 is 1.25 bits per heavy atom. The van der Waals surface area contributed by atoms with Crippen LogP contribution in [0.2, 0.25) is 0 Å². The van der Waals surface area contributed by atoms with Crippen molar-refractivity contribution in [1.82, 2.24) is 29.9 Å². The molecule has 140 valence electrons. The number of aliphatic imine (C=N–C) groups is 1. The van der Waals surface area contributed by atoms with E-state index in [-0.39, 0.29) is 5.82 Å². The average molecular weight is 393 g/mol. The lowest BCUT2D eigenvalue weighted by molar-refractivity contribution is 0.845. The van der Waals surface area contributed by atoms with E-state index in [0.717, 1.165) is 0 Å². The van der Waals surface area contributed by atoms with Crippen LogP contribution in [0.3, 0.4) is 0 Å². The van der Waals surface area contributed by atoms with Crippen molar-refractivity contribution in [1.29, 1.82) is 5.26 Å². The maximum atomic E-state index is 9.50. The smallest absolute Gasteiger partial charge is 0.225 e. The van der Waals surface area contributed by atoms with E-state index in [1.54, 1.807) is 26.2 Å². The Morgan fingerprint density at radius 3 is 2.75 bits per heavy atom. The number of nitrogens with zero attached hydrogens (tertiary/aromatic N) is 9. The molecule has 0 amide bonds. The van der Waals surface area contributed by atoms with Crippen molar-refractivity contribution < 1.29 is 0 Å². The first-order valence-corrected chi connectivity index (χ1v) is 9.11. The van der Waals surface area contributed by atoms with Gasteiger partial charge in [0.05, 0.1) is 17.9 Å². The summed E-state index contributed by atoms with van der Waals surface area (Å²) in [5.41, 5.74) is 8.05. The highest BCUT2D eigenvalue weighted by Crippen LogP contribution is 2.31. The summed E-state index contributed by atoms with van der Waals surface area (Å²) in [5.74, 6) is 1.09. The Bertz CT molecular complexity index is 1150. The fourth-order valence-electron chi connectivity index (χ4n) is 2.61. The standard InChI is InChI=1S/C16H15N11S/c1-9-11(8-17)14(27(24-9)16-21-6-7-28-16)23-22-12-10(2)25-26(13(12)18)15-19-4-3-5-20-15/h3-4,6-7H,5,18H2,1-2H3,(H,19,20). The monoisotopic (exact) mass is 393 g/mol. The molecule has 11 nitrogen and oxygen atoms in total. The molecule has 1 aliphatic rings. The van der Waals surface area contributed by atoms with Gasteiger partial charge in [0.25, 0.3) is 0 Å². The molecule has 1 aliphatic heterocycles. The minimum Gasteiger partial charge on any atom is -0.382 e. The molecule has 4 heterocycles. The van der Waals surface area contributed by atoms with Crippen LogP contribution >= 0.6 is 11.3 Å². The third-order valence-electron chi connectivity index (χ3n) is 3.93. The normalized spacial score (nSPS) is 13.5. The minimum atomic E-state index is 0.289. The van der Waals surface area contributed by atoms with E-state index in [4.69, 9.17) is 5.73 Å². The summed E-state index contributed by atoms with van der Waals surface area (Å²) in [4.78, 5) is 8.54. The zero-order chi connectivity index (χ0) is 19.7. The Morgan fingerprint density at radius 2 is 2.07 bits per heavy atom. The summed E-state index contributed by atoms with van der Waals surface area (Å²) in [7, 11) is 0. The Kier molecular flexibility index (Phi) is 4.42. The zero-order valence-corrected chi connectivity index (χ0v) is 15.8. The molecule has 28 heavy (non-hydrogen) atoms. The Hall–Kier alpha value is -3.85. The highest BCUT2D eigenvalue weighted by molar-refractivity contribution is 7.12. The number of aryl methyl sites for hydroxylation is 2. The van der Waals surface area contributed by atoms with Crippen LogP contribution < -0.4 is 11.1 Å². The second-order valence-electron chi connectivity index (χ2n) is 5.76. The van der Waals surface area contributed by atoms with E-state index in [0.29, 0.717) is 46.1 Å².